The molecule has 3 rings (SSSR count). The fourth-order valence-corrected chi connectivity index (χ4v) is 4.31. The van der Waals surface area contributed by atoms with Gasteiger partial charge >= 0.3 is 11.9 Å². The van der Waals surface area contributed by atoms with Crippen LogP contribution in [0, 0.1) is 0 Å². The molecule has 11 heteroatoms. The summed E-state index contributed by atoms with van der Waals surface area (Å²) in [6.45, 7) is 1.15. The van der Waals surface area contributed by atoms with Crippen molar-refractivity contribution in [1.82, 2.24) is 9.71 Å². The normalized spacial score (nSPS) is 11.6. The first-order valence-corrected chi connectivity index (χ1v) is 11.0. The number of ketones is 1. The number of hydrogen-bond donors (Lipinski definition) is 4. The second kappa shape index (κ2) is 9.20. The SMILES string of the molecule is CC(=O)c1c(CNS(=O)(=O)Cc2ccccc2)[nH]c2cc(OC(C(=O)O)C(=O)O)ccc12. The van der Waals surface area contributed by atoms with Gasteiger partial charge in [0.2, 0.25) is 10.0 Å². The van der Waals surface area contributed by atoms with Crippen molar-refractivity contribution in [2.45, 2.75) is 25.3 Å². The second-order valence-corrected chi connectivity index (χ2v) is 8.79. The van der Waals surface area contributed by atoms with E-state index in [0.29, 0.717) is 22.2 Å². The molecule has 0 aliphatic heterocycles. The average Bonchev–Trinajstić information content (AvgIpc) is 3.08. The van der Waals surface area contributed by atoms with Crippen LogP contribution in [0.15, 0.2) is 48.5 Å². The number of hydrogen-bond acceptors (Lipinski definition) is 6. The number of carboxylic acid groups (broad SMARTS) is 2. The van der Waals surface area contributed by atoms with Crippen molar-refractivity contribution in [1.29, 1.82) is 0 Å². The number of carbonyl (C=O) groups is 3. The van der Waals surface area contributed by atoms with E-state index in [-0.39, 0.29) is 29.4 Å². The standard InChI is InChI=1S/C21H20N2O8S/c1-12(24)18-15-8-7-14(31-19(20(25)26)21(27)28)9-16(15)23-17(18)10-22-32(29,30)11-13-5-3-2-4-6-13/h2-9,19,22-23H,10-11H2,1H3,(H,25,26)(H,27,28). The fraction of sp³-hybridized carbons (Fsp3) is 0.190. The number of H-pyrrole nitrogens is 1. The highest BCUT2D eigenvalue weighted by molar-refractivity contribution is 7.88. The van der Waals surface area contributed by atoms with Crippen LogP contribution in [0.2, 0.25) is 0 Å². The van der Waals surface area contributed by atoms with Gasteiger partial charge in [-0.15, -0.1) is 0 Å². The Kier molecular flexibility index (Phi) is 6.61. The molecule has 0 aliphatic carbocycles. The molecule has 32 heavy (non-hydrogen) atoms. The molecule has 0 aliphatic rings. The van der Waals surface area contributed by atoms with Crippen molar-refractivity contribution in [3.05, 3.63) is 65.4 Å². The number of carbonyl (C=O) groups excluding carboxylic acids is 1. The Morgan fingerprint density at radius 3 is 2.31 bits per heavy atom. The zero-order valence-electron chi connectivity index (χ0n) is 16.9. The van der Waals surface area contributed by atoms with Crippen LogP contribution in [-0.4, -0.2) is 47.4 Å². The number of carboxylic acids is 2. The number of Topliss-reactive ketones (excluding diaryl/α,β-unsaturated/α-hetero) is 1. The number of benzene rings is 2. The molecule has 0 amide bonds. The molecule has 0 fully saturated rings. The van der Waals surface area contributed by atoms with Crippen LogP contribution in [0.4, 0.5) is 0 Å². The van der Waals surface area contributed by atoms with Crippen molar-refractivity contribution in [3.8, 4) is 5.75 Å². The molecule has 0 radical (unpaired) electrons. The van der Waals surface area contributed by atoms with Gasteiger partial charge in [-0.05, 0) is 24.6 Å². The summed E-state index contributed by atoms with van der Waals surface area (Å²) in [7, 11) is -3.69. The Morgan fingerprint density at radius 2 is 1.72 bits per heavy atom. The average molecular weight is 460 g/mol. The van der Waals surface area contributed by atoms with Gasteiger partial charge < -0.3 is 19.9 Å². The summed E-state index contributed by atoms with van der Waals surface area (Å²) in [5.74, 6) is -3.91. The maximum Gasteiger partial charge on any atom is 0.356 e. The molecule has 3 aromatic rings. The first-order chi connectivity index (χ1) is 15.1. The minimum atomic E-state index is -3.69. The van der Waals surface area contributed by atoms with Crippen molar-refractivity contribution >= 4 is 38.6 Å². The first-order valence-electron chi connectivity index (χ1n) is 9.36. The smallest absolute Gasteiger partial charge is 0.356 e. The van der Waals surface area contributed by atoms with Crippen LogP contribution in [0.25, 0.3) is 10.9 Å². The number of fused-ring (bicyclic) bond motifs is 1. The van der Waals surface area contributed by atoms with Gasteiger partial charge in [0, 0.05) is 22.7 Å². The molecule has 0 unspecified atom stereocenters. The molecule has 0 spiro atoms. The first kappa shape index (κ1) is 23.0. The molecular weight excluding hydrogens is 440 g/mol. The van der Waals surface area contributed by atoms with Gasteiger partial charge in [0.1, 0.15) is 5.75 Å². The predicted octanol–water partition coefficient (Wildman–Crippen LogP) is 1.91. The highest BCUT2D eigenvalue weighted by atomic mass is 32.2. The van der Waals surface area contributed by atoms with Crippen molar-refractivity contribution in [3.63, 3.8) is 0 Å². The Bertz CT molecular complexity index is 1270. The lowest BCUT2D eigenvalue weighted by molar-refractivity contribution is -0.159. The van der Waals surface area contributed by atoms with Crippen molar-refractivity contribution in [2.75, 3.05) is 0 Å². The molecule has 0 saturated carbocycles. The monoisotopic (exact) mass is 460 g/mol. The number of aliphatic carboxylic acids is 2. The predicted molar refractivity (Wildman–Crippen MR) is 114 cm³/mol. The Hall–Kier alpha value is -3.70. The van der Waals surface area contributed by atoms with Crippen LogP contribution >= 0.6 is 0 Å². The summed E-state index contributed by atoms with van der Waals surface area (Å²) < 4.78 is 32.3. The van der Waals surface area contributed by atoms with Gasteiger partial charge in [0.05, 0.1) is 17.8 Å². The summed E-state index contributed by atoms with van der Waals surface area (Å²) in [6, 6.07) is 12.8. The van der Waals surface area contributed by atoms with E-state index in [1.807, 2.05) is 0 Å². The topological polar surface area (TPSA) is 163 Å². The number of sulfonamides is 1. The second-order valence-electron chi connectivity index (χ2n) is 6.98. The third-order valence-corrected chi connectivity index (χ3v) is 5.87. The van der Waals surface area contributed by atoms with Gasteiger partial charge in [-0.2, -0.15) is 0 Å². The van der Waals surface area contributed by atoms with E-state index in [1.54, 1.807) is 30.3 Å². The molecule has 1 aromatic heterocycles. The van der Waals surface area contributed by atoms with E-state index in [1.165, 1.54) is 25.1 Å². The quantitative estimate of drug-likeness (QED) is 0.263. The van der Waals surface area contributed by atoms with Gasteiger partial charge in [-0.3, -0.25) is 4.79 Å². The van der Waals surface area contributed by atoms with E-state index in [4.69, 9.17) is 14.9 Å². The maximum absolute atomic E-state index is 12.4. The van der Waals surface area contributed by atoms with Crippen molar-refractivity contribution in [2.24, 2.45) is 0 Å². The van der Waals surface area contributed by atoms with E-state index < -0.39 is 28.1 Å². The Labute approximate surface area is 182 Å². The summed E-state index contributed by atoms with van der Waals surface area (Å²) in [4.78, 5) is 37.2. The molecule has 0 saturated heterocycles. The highest BCUT2D eigenvalue weighted by Crippen LogP contribution is 2.27. The molecule has 0 atom stereocenters. The Balaban J connectivity index is 1.86. The maximum atomic E-state index is 12.4. The van der Waals surface area contributed by atoms with Gasteiger partial charge in [0.15, 0.2) is 5.78 Å². The number of aromatic amines is 1. The number of rotatable bonds is 10. The lowest BCUT2D eigenvalue weighted by Gasteiger charge is -2.10. The number of nitrogens with one attached hydrogen (secondary N) is 2. The lowest BCUT2D eigenvalue weighted by Crippen LogP contribution is -2.35. The summed E-state index contributed by atoms with van der Waals surface area (Å²) in [5, 5.41) is 18.4. The van der Waals surface area contributed by atoms with E-state index in [2.05, 4.69) is 9.71 Å². The largest absolute Gasteiger partial charge is 0.478 e. The zero-order valence-corrected chi connectivity index (χ0v) is 17.7. The summed E-state index contributed by atoms with van der Waals surface area (Å²) >= 11 is 0. The van der Waals surface area contributed by atoms with E-state index >= 15 is 0 Å². The van der Waals surface area contributed by atoms with Crippen LogP contribution in [0.3, 0.4) is 0 Å². The van der Waals surface area contributed by atoms with E-state index in [0.717, 1.165) is 0 Å². The minimum Gasteiger partial charge on any atom is -0.478 e. The van der Waals surface area contributed by atoms with Gasteiger partial charge in [-0.25, -0.2) is 22.7 Å². The molecule has 4 N–H and O–H groups in total. The summed E-state index contributed by atoms with van der Waals surface area (Å²) in [5.41, 5.74) is 1.55. The Morgan fingerprint density at radius 1 is 1.06 bits per heavy atom. The third kappa shape index (κ3) is 5.31. The van der Waals surface area contributed by atoms with E-state index in [9.17, 15) is 22.8 Å². The molecule has 0 bridgehead atoms. The zero-order chi connectivity index (χ0) is 23.5. The number of aromatic nitrogens is 1. The summed E-state index contributed by atoms with van der Waals surface area (Å²) in [6.07, 6.45) is -2.10. The molecule has 10 nitrogen and oxygen atoms in total. The minimum absolute atomic E-state index is 0.0418. The third-order valence-electron chi connectivity index (χ3n) is 4.57. The van der Waals surface area contributed by atoms with Crippen LogP contribution < -0.4 is 9.46 Å². The van der Waals surface area contributed by atoms with Gasteiger partial charge in [0.25, 0.3) is 6.10 Å². The molecule has 1 heterocycles. The highest BCUT2D eigenvalue weighted by Gasteiger charge is 2.28. The molecule has 168 valence electrons. The molecular formula is C21H20N2O8S. The van der Waals surface area contributed by atoms with Crippen LogP contribution in [0.1, 0.15) is 28.5 Å². The molecule has 2 aromatic carbocycles. The van der Waals surface area contributed by atoms with Crippen LogP contribution in [0.5, 0.6) is 5.75 Å². The van der Waals surface area contributed by atoms with Gasteiger partial charge in [-0.1, -0.05) is 30.3 Å². The fourth-order valence-electron chi connectivity index (χ4n) is 3.21. The lowest BCUT2D eigenvalue weighted by atomic mass is 10.1. The van der Waals surface area contributed by atoms with Crippen molar-refractivity contribution < 1.29 is 37.8 Å². The number of ether oxygens (including phenoxy) is 1. The van der Waals surface area contributed by atoms with Crippen LogP contribution in [-0.2, 0) is 31.9 Å².